The van der Waals surface area contributed by atoms with Crippen molar-refractivity contribution in [2.45, 2.75) is 12.6 Å². The maximum Gasteiger partial charge on any atom is 0.321 e. The predicted molar refractivity (Wildman–Crippen MR) is 105 cm³/mol. The van der Waals surface area contributed by atoms with Crippen molar-refractivity contribution >= 4 is 11.6 Å². The van der Waals surface area contributed by atoms with Crippen LogP contribution in [-0.4, -0.2) is 39.7 Å². The highest BCUT2D eigenvalue weighted by Crippen LogP contribution is 2.37. The van der Waals surface area contributed by atoms with Gasteiger partial charge in [0, 0.05) is 25.2 Å². The van der Waals surface area contributed by atoms with Gasteiger partial charge in [0.2, 0.25) is 0 Å². The molecule has 154 valence electrons. The molecule has 0 aliphatic carbocycles. The fraction of sp³-hybridized carbons (Fsp3) is 0.182. The zero-order valence-corrected chi connectivity index (χ0v) is 16.1. The molecule has 1 aliphatic rings. The third-order valence-corrected chi connectivity index (χ3v) is 4.98. The second-order valence-electron chi connectivity index (χ2n) is 7.11. The van der Waals surface area contributed by atoms with Crippen molar-refractivity contribution in [1.29, 1.82) is 0 Å². The van der Waals surface area contributed by atoms with Crippen LogP contribution in [-0.2, 0) is 6.54 Å². The maximum absolute atomic E-state index is 14.4. The van der Waals surface area contributed by atoms with E-state index in [0.29, 0.717) is 16.8 Å². The number of halogens is 2. The van der Waals surface area contributed by atoms with E-state index in [9.17, 15) is 18.7 Å². The molecule has 1 unspecified atom stereocenters. The zero-order valence-electron chi connectivity index (χ0n) is 16.1. The summed E-state index contributed by atoms with van der Waals surface area (Å²) in [4.78, 5) is 16.2. The van der Waals surface area contributed by atoms with Crippen molar-refractivity contribution in [1.82, 2.24) is 15.0 Å². The summed E-state index contributed by atoms with van der Waals surface area (Å²) in [7, 11) is 1.62. The minimum Gasteiger partial charge on any atom is -0.508 e. The lowest BCUT2D eigenvalue weighted by Gasteiger charge is -2.29. The van der Waals surface area contributed by atoms with Gasteiger partial charge in [-0.3, -0.25) is 0 Å². The molecule has 0 radical (unpaired) electrons. The Morgan fingerprint density at radius 1 is 1.27 bits per heavy atom. The van der Waals surface area contributed by atoms with Gasteiger partial charge in [-0.2, -0.15) is 0 Å². The molecule has 1 aromatic heterocycles. The van der Waals surface area contributed by atoms with Crippen molar-refractivity contribution in [3.8, 4) is 5.75 Å². The third-order valence-electron chi connectivity index (χ3n) is 4.98. The lowest BCUT2D eigenvalue weighted by Crippen LogP contribution is -2.41. The number of hydrogen-bond acceptors (Lipinski definition) is 4. The van der Waals surface area contributed by atoms with Crippen molar-refractivity contribution in [3.05, 3.63) is 89.3 Å². The number of carbonyl (C=O) groups is 1. The molecule has 1 aliphatic heterocycles. The molecule has 2 aromatic carbocycles. The fourth-order valence-corrected chi connectivity index (χ4v) is 3.55. The highest BCUT2D eigenvalue weighted by molar-refractivity contribution is 5.82. The number of hydrogen-bond donors (Lipinski definition) is 1. The van der Waals surface area contributed by atoms with E-state index in [-0.39, 0.29) is 30.4 Å². The van der Waals surface area contributed by atoms with Gasteiger partial charge in [0.1, 0.15) is 29.3 Å². The summed E-state index contributed by atoms with van der Waals surface area (Å²) in [5, 5.41) is 13.7. The van der Waals surface area contributed by atoms with E-state index in [4.69, 9.17) is 4.52 Å². The van der Waals surface area contributed by atoms with Crippen molar-refractivity contribution in [3.63, 3.8) is 0 Å². The van der Waals surface area contributed by atoms with Gasteiger partial charge in [-0.1, -0.05) is 23.4 Å². The Morgan fingerprint density at radius 2 is 2.10 bits per heavy atom. The monoisotopic (exact) mass is 411 g/mol. The molecule has 2 amide bonds. The molecule has 0 bridgehead atoms. The van der Waals surface area contributed by atoms with Gasteiger partial charge in [0.15, 0.2) is 0 Å². The Kier molecular flexibility index (Phi) is 5.22. The molecule has 30 heavy (non-hydrogen) atoms. The maximum atomic E-state index is 14.4. The summed E-state index contributed by atoms with van der Waals surface area (Å²) in [6, 6.07) is 10.5. The van der Waals surface area contributed by atoms with Crippen LogP contribution in [0.15, 0.2) is 65.4 Å². The van der Waals surface area contributed by atoms with Gasteiger partial charge in [-0.25, -0.2) is 13.6 Å². The first-order valence-corrected chi connectivity index (χ1v) is 9.28. The van der Waals surface area contributed by atoms with E-state index in [0.717, 1.165) is 18.2 Å². The molecule has 6 nitrogen and oxygen atoms in total. The highest BCUT2D eigenvalue weighted by atomic mass is 19.1. The number of nitrogens with zero attached hydrogens (tertiary/aromatic N) is 3. The molecule has 0 saturated heterocycles. The van der Waals surface area contributed by atoms with Crippen LogP contribution in [0.25, 0.3) is 5.57 Å². The summed E-state index contributed by atoms with van der Waals surface area (Å²) in [5.41, 5.74) is 1.84. The first-order chi connectivity index (χ1) is 14.4. The summed E-state index contributed by atoms with van der Waals surface area (Å²) < 4.78 is 32.9. The fourth-order valence-electron chi connectivity index (χ4n) is 3.55. The number of aromatic nitrogens is 1. The zero-order chi connectivity index (χ0) is 21.3. The van der Waals surface area contributed by atoms with Crippen LogP contribution in [0.4, 0.5) is 13.6 Å². The average molecular weight is 411 g/mol. The van der Waals surface area contributed by atoms with Crippen molar-refractivity contribution in [2.75, 3.05) is 13.6 Å². The van der Waals surface area contributed by atoms with Crippen LogP contribution in [0.3, 0.4) is 0 Å². The van der Waals surface area contributed by atoms with Crippen LogP contribution in [0.5, 0.6) is 5.75 Å². The Hall–Kier alpha value is -3.68. The molecular formula is C22H19F2N3O3. The lowest BCUT2D eigenvalue weighted by atomic mass is 10.0. The van der Waals surface area contributed by atoms with E-state index < -0.39 is 17.7 Å². The molecule has 0 saturated carbocycles. The van der Waals surface area contributed by atoms with Gasteiger partial charge in [-0.15, -0.1) is 0 Å². The molecule has 2 heterocycles. The first kappa shape index (κ1) is 19.6. The average Bonchev–Trinajstić information content (AvgIpc) is 3.39. The summed E-state index contributed by atoms with van der Waals surface area (Å²) >= 11 is 0. The number of rotatable bonds is 4. The Morgan fingerprint density at radius 3 is 2.83 bits per heavy atom. The summed E-state index contributed by atoms with van der Waals surface area (Å²) in [5.74, 6) is -1.08. The van der Waals surface area contributed by atoms with Crippen LogP contribution in [0, 0.1) is 11.6 Å². The van der Waals surface area contributed by atoms with E-state index >= 15 is 0 Å². The van der Waals surface area contributed by atoms with Gasteiger partial charge in [0.05, 0.1) is 12.6 Å². The number of phenolic OH excluding ortho intramolecular Hbond substituents is 1. The van der Waals surface area contributed by atoms with E-state index in [1.807, 2.05) is 0 Å². The Balaban J connectivity index is 1.68. The van der Waals surface area contributed by atoms with E-state index in [1.165, 1.54) is 22.1 Å². The second kappa shape index (κ2) is 7.98. The number of phenols is 1. The van der Waals surface area contributed by atoms with Crippen LogP contribution in [0.1, 0.15) is 22.9 Å². The number of urea groups is 1. The minimum absolute atomic E-state index is 0.0506. The number of amides is 2. The molecule has 4 rings (SSSR count). The van der Waals surface area contributed by atoms with Gasteiger partial charge in [-0.05, 0) is 41.5 Å². The van der Waals surface area contributed by atoms with Crippen LogP contribution < -0.4 is 0 Å². The van der Waals surface area contributed by atoms with E-state index in [1.54, 1.807) is 37.4 Å². The molecule has 1 N–H and O–H groups in total. The standard InChI is InChI=1S/C22H19F2N3O3/c1-26(13-17-7-8-30-25-17)22(29)27-12-15(19-11-16(23)5-6-20(19)24)10-21(27)14-3-2-4-18(28)9-14/h2-11,21,28H,12-13H2,1H3. The van der Waals surface area contributed by atoms with Gasteiger partial charge >= 0.3 is 6.03 Å². The third kappa shape index (κ3) is 3.89. The van der Waals surface area contributed by atoms with E-state index in [2.05, 4.69) is 5.16 Å². The Labute approximate surface area is 171 Å². The highest BCUT2D eigenvalue weighted by Gasteiger charge is 2.33. The van der Waals surface area contributed by atoms with Crippen molar-refractivity contribution < 1.29 is 23.2 Å². The van der Waals surface area contributed by atoms with Gasteiger partial charge in [0.25, 0.3) is 0 Å². The lowest BCUT2D eigenvalue weighted by molar-refractivity contribution is 0.159. The summed E-state index contributed by atoms with van der Waals surface area (Å²) in [6.07, 6.45) is 3.14. The van der Waals surface area contributed by atoms with Crippen LogP contribution in [0.2, 0.25) is 0 Å². The molecule has 3 aromatic rings. The second-order valence-corrected chi connectivity index (χ2v) is 7.11. The number of aromatic hydroxyl groups is 1. The smallest absolute Gasteiger partial charge is 0.321 e. The van der Waals surface area contributed by atoms with Crippen molar-refractivity contribution in [2.24, 2.45) is 0 Å². The minimum atomic E-state index is -0.567. The molecule has 8 heteroatoms. The topological polar surface area (TPSA) is 69.8 Å². The molecular weight excluding hydrogens is 392 g/mol. The van der Waals surface area contributed by atoms with Gasteiger partial charge < -0.3 is 19.4 Å². The molecule has 1 atom stereocenters. The normalized spacial score (nSPS) is 15.9. The molecule has 0 spiro atoms. The summed E-state index contributed by atoms with van der Waals surface area (Å²) in [6.45, 7) is 0.310. The molecule has 0 fully saturated rings. The number of carbonyl (C=O) groups excluding carboxylic acids is 1. The van der Waals surface area contributed by atoms with Crippen LogP contribution >= 0.6 is 0 Å². The number of benzene rings is 2. The SMILES string of the molecule is CN(Cc1ccon1)C(=O)N1CC(c2cc(F)ccc2F)=CC1c1cccc(O)c1. The largest absolute Gasteiger partial charge is 0.508 e. The quantitative estimate of drug-likeness (QED) is 0.693. The first-order valence-electron chi connectivity index (χ1n) is 9.28. The predicted octanol–water partition coefficient (Wildman–Crippen LogP) is 4.35. The Bertz CT molecular complexity index is 1100.